The Bertz CT molecular complexity index is 3660. The van der Waals surface area contributed by atoms with Crippen LogP contribution in [0.1, 0.15) is 124 Å². The van der Waals surface area contributed by atoms with Gasteiger partial charge in [-0.3, -0.25) is 95.9 Å². The molecule has 2 aromatic rings. The lowest BCUT2D eigenvalue weighted by atomic mass is 10.0. The summed E-state index contributed by atoms with van der Waals surface area (Å²) in [5.41, 5.74) is 17.3. The molecule has 42 heteroatoms. The third-order valence-corrected chi connectivity index (χ3v) is 16.1. The summed E-state index contributed by atoms with van der Waals surface area (Å²) in [6, 6.07) is -6.70. The summed E-state index contributed by atoms with van der Waals surface area (Å²) in [6.07, 6.45) is -7.09. The fourth-order valence-corrected chi connectivity index (χ4v) is 10.2. The first-order valence-corrected chi connectivity index (χ1v) is 35.0. The van der Waals surface area contributed by atoms with Crippen molar-refractivity contribution in [2.75, 3.05) is 13.2 Å². The number of aliphatic carboxylic acids is 4. The lowest BCUT2D eigenvalue weighted by Crippen LogP contribution is -2.61. The summed E-state index contributed by atoms with van der Waals surface area (Å²) >= 11 is 0. The molecule has 0 aliphatic heterocycles. The number of rotatable bonds is 50. The fourth-order valence-electron chi connectivity index (χ4n) is 10.2. The van der Waals surface area contributed by atoms with E-state index in [1.807, 2.05) is 29.8 Å². The highest BCUT2D eigenvalue weighted by molar-refractivity contribution is 6.02. The molecule has 25 N–H and O–H groups in total. The second kappa shape index (κ2) is 47.5. The minimum atomic E-state index is -2.25. The van der Waals surface area contributed by atoms with Gasteiger partial charge in [-0.1, -0.05) is 88.4 Å². The highest BCUT2D eigenvalue weighted by atomic mass is 16.4. The number of aliphatic hydroxyl groups excluding tert-OH is 1. The Morgan fingerprint density at radius 2 is 0.640 bits per heavy atom. The molecule has 42 nitrogen and oxygen atoms in total. The molecule has 0 saturated carbocycles. The monoisotopic (exact) mass is 1570 g/mol. The number of nitrogens with one attached hydrogen (secondary N) is 14. The maximum Gasteiger partial charge on any atom is 0.305 e. The minimum Gasteiger partial charge on any atom is -0.481 e. The van der Waals surface area contributed by atoms with Gasteiger partial charge in [0.1, 0.15) is 78.5 Å². The molecule has 0 aliphatic rings. The van der Waals surface area contributed by atoms with Crippen molar-refractivity contribution in [3.8, 4) is 0 Å². The number of carbonyl (C=O) groups excluding carboxylic acids is 16. The van der Waals surface area contributed by atoms with Crippen LogP contribution in [0.5, 0.6) is 0 Å². The van der Waals surface area contributed by atoms with Gasteiger partial charge in [-0.15, -0.1) is 0 Å². The molecule has 0 aromatic heterocycles. The van der Waals surface area contributed by atoms with Gasteiger partial charge >= 0.3 is 23.9 Å². The van der Waals surface area contributed by atoms with E-state index < -0.39 is 261 Å². The Balaban J connectivity index is 2.31. The molecular weight excluding hydrogens is 1470 g/mol. The molecule has 0 heterocycles. The molecule has 111 heavy (non-hydrogen) atoms. The average Bonchev–Trinajstić information content (AvgIpc) is 0.848. The molecule has 0 unspecified atom stereocenters. The largest absolute Gasteiger partial charge is 0.481 e. The molecule has 0 bridgehead atoms. The Morgan fingerprint density at radius 3 is 1.03 bits per heavy atom. The van der Waals surface area contributed by atoms with E-state index in [4.69, 9.17) is 17.2 Å². The van der Waals surface area contributed by atoms with Gasteiger partial charge in [0.15, 0.2) is 0 Å². The van der Waals surface area contributed by atoms with E-state index in [-0.39, 0.29) is 37.5 Å². The molecule has 0 spiro atoms. The van der Waals surface area contributed by atoms with Gasteiger partial charge in [0, 0.05) is 25.7 Å². The van der Waals surface area contributed by atoms with Crippen LogP contribution in [0, 0.1) is 11.8 Å². The van der Waals surface area contributed by atoms with Gasteiger partial charge in [0.25, 0.3) is 0 Å². The van der Waals surface area contributed by atoms with Crippen molar-refractivity contribution in [1.82, 2.24) is 74.4 Å². The maximum absolute atomic E-state index is 14.3. The van der Waals surface area contributed by atoms with Crippen molar-refractivity contribution >= 4 is 118 Å². The molecule has 612 valence electrons. The fraction of sp³-hybridized carbons (Fsp3) is 0.536. The van der Waals surface area contributed by atoms with Gasteiger partial charge in [-0.25, -0.2) is 0 Å². The number of benzene rings is 2. The zero-order chi connectivity index (χ0) is 84.1. The maximum atomic E-state index is 14.3. The normalized spacial score (nSPS) is 14.7. The highest BCUT2D eigenvalue weighted by Crippen LogP contribution is 2.13. The van der Waals surface area contributed by atoms with E-state index in [9.17, 15) is 121 Å². The summed E-state index contributed by atoms with van der Waals surface area (Å²) in [7, 11) is 0. The third-order valence-electron chi connectivity index (χ3n) is 16.1. The molecule has 0 saturated heterocycles. The van der Waals surface area contributed by atoms with Gasteiger partial charge < -0.3 is 117 Å². The summed E-state index contributed by atoms with van der Waals surface area (Å²) in [4.78, 5) is 262. The minimum absolute atomic E-state index is 0.0188. The summed E-state index contributed by atoms with van der Waals surface area (Å²) in [5, 5.41) is 80.5. The zero-order valence-corrected chi connectivity index (χ0v) is 62.3. The van der Waals surface area contributed by atoms with E-state index in [0.717, 1.165) is 13.8 Å². The molecule has 16 amide bonds. The number of carbonyl (C=O) groups is 20. The molecule has 0 radical (unpaired) electrons. The number of hydrogen-bond donors (Lipinski definition) is 22. The predicted molar refractivity (Wildman–Crippen MR) is 386 cm³/mol. The van der Waals surface area contributed by atoms with Crippen LogP contribution in [0.4, 0.5) is 0 Å². The van der Waals surface area contributed by atoms with Crippen LogP contribution >= 0.6 is 0 Å². The van der Waals surface area contributed by atoms with E-state index >= 15 is 0 Å². The van der Waals surface area contributed by atoms with Crippen molar-refractivity contribution in [3.05, 3.63) is 71.8 Å². The van der Waals surface area contributed by atoms with Crippen molar-refractivity contribution in [2.24, 2.45) is 29.0 Å². The van der Waals surface area contributed by atoms with Crippen LogP contribution in [0.2, 0.25) is 0 Å². The van der Waals surface area contributed by atoms with E-state index in [0.29, 0.717) is 11.1 Å². The van der Waals surface area contributed by atoms with E-state index in [1.165, 1.54) is 13.8 Å². The summed E-state index contributed by atoms with van der Waals surface area (Å²) < 4.78 is 0. The van der Waals surface area contributed by atoms with Crippen LogP contribution in [-0.2, 0) is 109 Å². The van der Waals surface area contributed by atoms with Crippen LogP contribution in [0.25, 0.3) is 0 Å². The first kappa shape index (κ1) is 94.8. The molecule has 14 atom stereocenters. The van der Waals surface area contributed by atoms with Crippen molar-refractivity contribution in [2.45, 2.75) is 211 Å². The molecule has 0 fully saturated rings. The zero-order valence-electron chi connectivity index (χ0n) is 62.3. The number of amides is 16. The number of carboxylic acid groups (broad SMARTS) is 4. The number of nitrogens with two attached hydrogens (primary N) is 3. The Kier molecular flexibility index (Phi) is 40.6. The Hall–Kier alpha value is -12.2. The molecule has 2 rings (SSSR count). The van der Waals surface area contributed by atoms with Gasteiger partial charge in [0.05, 0.1) is 38.5 Å². The standard InChI is InChI=1S/C69H101N17O25/c1-32(2)23-42(56(72)98)77-51(89)30-73-61(103)44(25-38-15-11-9-12-16-38)81-59(101)37(8)76-64(106)45(26-39-17-13-10-14-18-39)83-66(108)43(24-33(3)4)82-69(111)49(31-87)86-60(102)36(7)74-58(100)35(6)75-65(107)47(28-54(94)95)84-62(104)41(20-22-53(92)93)79-68(110)48(29-55(96)97)85-63(105)40(19-21-52(90)91)78-67(109)46(27-50(71)88)80-57(99)34(5)70/h9-18,32-37,40-49,87H,19-31,70H2,1-8H3,(H2,71,88)(H2,72,98)(H,73,103)(H,74,100)(H,75,107)(H,76,106)(H,77,89)(H,78,109)(H,79,110)(H,80,99)(H,81,101)(H,82,111)(H,83,108)(H,84,104)(H,85,105)(H,86,102)(H,90,91)(H,92,93)(H,94,95)(H,96,97)/t34-,35-,36-,37-,40-,41-,42-,43-,44-,45-,46-,47-,48-,49-/m0/s1. The number of carboxylic acids is 4. The topological polar surface area (TPSA) is 689 Å². The van der Waals surface area contributed by atoms with Crippen LogP contribution in [0.3, 0.4) is 0 Å². The van der Waals surface area contributed by atoms with Crippen molar-refractivity contribution in [1.29, 1.82) is 0 Å². The van der Waals surface area contributed by atoms with E-state index in [2.05, 4.69) is 58.5 Å². The Morgan fingerprint density at radius 1 is 0.333 bits per heavy atom. The van der Waals surface area contributed by atoms with E-state index in [1.54, 1.807) is 74.5 Å². The lowest BCUT2D eigenvalue weighted by molar-refractivity contribution is -0.142. The first-order chi connectivity index (χ1) is 51.9. The summed E-state index contributed by atoms with van der Waals surface area (Å²) in [6.45, 7) is 9.89. The SMILES string of the molecule is CC(C)C[C@H](NC(=O)CNC(=O)[C@H](Cc1ccccc1)NC(=O)[C@H](C)NC(=O)[C@H](Cc1ccccc1)NC(=O)[C@H](CC(C)C)NC(=O)[C@H](CO)NC(=O)[C@H](C)NC(=O)[C@H](C)NC(=O)[C@H](CC(=O)O)NC(=O)[C@H](CCC(=O)O)NC(=O)[C@H](CC(=O)O)NC(=O)[C@H](CCC(=O)O)NC(=O)[C@H](CC(N)=O)NC(=O)[C@H](C)N)C(N)=O. The second-order valence-electron chi connectivity index (χ2n) is 26.8. The lowest BCUT2D eigenvalue weighted by Gasteiger charge is -2.27. The smallest absolute Gasteiger partial charge is 0.305 e. The predicted octanol–water partition coefficient (Wildman–Crippen LogP) is -7.58. The number of hydrogen-bond acceptors (Lipinski definition) is 22. The molecule has 2 aromatic carbocycles. The highest BCUT2D eigenvalue weighted by Gasteiger charge is 2.38. The van der Waals surface area contributed by atoms with Crippen LogP contribution in [0.15, 0.2) is 60.7 Å². The third kappa shape index (κ3) is 36.5. The van der Waals surface area contributed by atoms with Gasteiger partial charge in [-0.2, -0.15) is 0 Å². The second-order valence-corrected chi connectivity index (χ2v) is 26.8. The quantitative estimate of drug-likeness (QED) is 0.0293. The van der Waals surface area contributed by atoms with Crippen LogP contribution < -0.4 is 91.6 Å². The van der Waals surface area contributed by atoms with Crippen molar-refractivity contribution < 1.29 is 121 Å². The average molecular weight is 1570 g/mol. The van der Waals surface area contributed by atoms with Crippen LogP contribution in [-0.4, -0.2) is 242 Å². The Labute approximate surface area is 636 Å². The number of aliphatic hydroxyl groups is 1. The molecular formula is C69H101N17O25. The van der Waals surface area contributed by atoms with Gasteiger partial charge in [0.2, 0.25) is 94.5 Å². The first-order valence-electron chi connectivity index (χ1n) is 35.0. The molecule has 0 aliphatic carbocycles. The van der Waals surface area contributed by atoms with Crippen molar-refractivity contribution in [3.63, 3.8) is 0 Å². The summed E-state index contributed by atoms with van der Waals surface area (Å²) in [5.74, 6) is -25.0. The number of primary amides is 2. The van der Waals surface area contributed by atoms with Gasteiger partial charge in [-0.05, 0) is 76.3 Å².